The number of hydrogen-bond donors (Lipinski definition) is 4. The summed E-state index contributed by atoms with van der Waals surface area (Å²) < 4.78 is 18.6. The first kappa shape index (κ1) is 24.9. The molecule has 0 aliphatic rings. The van der Waals surface area contributed by atoms with Crippen LogP contribution in [0.15, 0.2) is 89.1 Å². The number of nitrogens with one attached hydrogen (secondary N) is 1. The Morgan fingerprint density at radius 1 is 1.09 bits per heavy atom. The van der Waals surface area contributed by atoms with Gasteiger partial charge in [-0.2, -0.15) is 0 Å². The van der Waals surface area contributed by atoms with Crippen molar-refractivity contribution in [2.75, 3.05) is 28.4 Å². The molecule has 3 rings (SSSR count). The van der Waals surface area contributed by atoms with Gasteiger partial charge in [0.15, 0.2) is 5.70 Å². The topological polar surface area (TPSA) is 120 Å². The summed E-state index contributed by atoms with van der Waals surface area (Å²) in [5, 5.41) is 4.39. The first-order valence-corrected chi connectivity index (χ1v) is 11.6. The summed E-state index contributed by atoms with van der Waals surface area (Å²) >= 11 is 1.76. The number of benzene rings is 3. The number of rotatable bonds is 10. The van der Waals surface area contributed by atoms with Crippen LogP contribution in [0.1, 0.15) is 12.5 Å². The summed E-state index contributed by atoms with van der Waals surface area (Å²) in [4.78, 5) is 13.9. The summed E-state index contributed by atoms with van der Waals surface area (Å²) in [5.74, 6) is 5.81. The zero-order valence-electron chi connectivity index (χ0n) is 18.8. The molecule has 0 aliphatic carbocycles. The molecule has 0 saturated carbocycles. The van der Waals surface area contributed by atoms with Gasteiger partial charge < -0.3 is 21.5 Å². The second-order valence-corrected chi connectivity index (χ2v) is 8.63. The van der Waals surface area contributed by atoms with Gasteiger partial charge in [0, 0.05) is 22.9 Å². The lowest BCUT2D eigenvalue weighted by molar-refractivity contribution is -0.140. The smallest absolute Gasteiger partial charge is 0.358 e. The van der Waals surface area contributed by atoms with Gasteiger partial charge in [0.1, 0.15) is 12.4 Å². The first-order chi connectivity index (χ1) is 16.3. The number of nitrogens with two attached hydrogens (primary N) is 3. The number of carbonyl (C=O) groups is 1. The molecule has 0 atom stereocenters. The lowest BCUT2D eigenvalue weighted by Crippen LogP contribution is -2.36. The summed E-state index contributed by atoms with van der Waals surface area (Å²) in [6, 6.07) is 21.0. The van der Waals surface area contributed by atoms with Gasteiger partial charge in [-0.25, -0.2) is 15.0 Å². The molecule has 0 bridgehead atoms. The molecule has 178 valence electrons. The Morgan fingerprint density at radius 3 is 2.44 bits per heavy atom. The number of thioether (sulfide) groups is 1. The van der Waals surface area contributed by atoms with Crippen LogP contribution in [0.25, 0.3) is 0 Å². The lowest BCUT2D eigenvalue weighted by atomic mass is 10.2. The van der Waals surface area contributed by atoms with Gasteiger partial charge in [-0.3, -0.25) is 5.01 Å². The van der Waals surface area contributed by atoms with Gasteiger partial charge in [-0.05, 0) is 61.0 Å². The van der Waals surface area contributed by atoms with Crippen molar-refractivity contribution in [3.05, 3.63) is 95.6 Å². The molecule has 0 saturated heterocycles. The Bertz CT molecular complexity index is 1140. The van der Waals surface area contributed by atoms with E-state index in [4.69, 9.17) is 22.0 Å². The van der Waals surface area contributed by atoms with Crippen LogP contribution >= 0.6 is 11.8 Å². The molecule has 0 fully saturated rings. The Balaban J connectivity index is 1.54. The van der Waals surface area contributed by atoms with E-state index in [2.05, 4.69) is 17.4 Å². The van der Waals surface area contributed by atoms with Gasteiger partial charge in [0.05, 0.1) is 17.1 Å². The van der Waals surface area contributed by atoms with E-state index >= 15 is 0 Å². The zero-order valence-corrected chi connectivity index (χ0v) is 19.6. The van der Waals surface area contributed by atoms with Crippen LogP contribution in [0.3, 0.4) is 0 Å². The van der Waals surface area contributed by atoms with E-state index < -0.39 is 11.8 Å². The maximum Gasteiger partial charge on any atom is 0.358 e. The molecule has 0 aromatic heterocycles. The number of hydrazine groups is 1. The number of hydrogen-bond acceptors (Lipinski definition) is 8. The molecule has 7 nitrogen and oxygen atoms in total. The van der Waals surface area contributed by atoms with E-state index in [1.54, 1.807) is 17.8 Å². The number of anilines is 3. The van der Waals surface area contributed by atoms with Crippen LogP contribution < -0.4 is 27.6 Å². The maximum atomic E-state index is 13.2. The van der Waals surface area contributed by atoms with Crippen molar-refractivity contribution in [2.45, 2.75) is 18.4 Å². The zero-order chi connectivity index (χ0) is 24.5. The maximum absolute atomic E-state index is 13.2. The highest BCUT2D eigenvalue weighted by Crippen LogP contribution is 2.23. The van der Waals surface area contributed by atoms with Crippen LogP contribution in [0.4, 0.5) is 21.5 Å². The van der Waals surface area contributed by atoms with Gasteiger partial charge in [-0.15, -0.1) is 11.8 Å². The molecule has 0 radical (unpaired) electrons. The molecule has 3 aromatic rings. The molecular formula is C25H28FN5O2S. The summed E-state index contributed by atoms with van der Waals surface area (Å²) in [6.45, 7) is 2.27. The normalized spacial score (nSPS) is 11.5. The molecular weight excluding hydrogens is 453 g/mol. The minimum atomic E-state index is -0.703. The highest BCUT2D eigenvalue weighted by atomic mass is 32.2. The fraction of sp³-hybridized carbons (Fsp3) is 0.160. The summed E-state index contributed by atoms with van der Waals surface area (Å²) in [7, 11) is 0. The molecule has 0 aliphatic heterocycles. The van der Waals surface area contributed by atoms with Crippen LogP contribution in [0, 0.1) is 5.82 Å². The van der Waals surface area contributed by atoms with Crippen molar-refractivity contribution in [3.8, 4) is 0 Å². The number of ether oxygens (including phenoxy) is 1. The van der Waals surface area contributed by atoms with E-state index in [0.717, 1.165) is 28.6 Å². The monoisotopic (exact) mass is 481 g/mol. The molecule has 3 aromatic carbocycles. The highest BCUT2D eigenvalue weighted by Gasteiger charge is 2.21. The number of esters is 1. The van der Waals surface area contributed by atoms with Crippen molar-refractivity contribution >= 4 is 34.8 Å². The molecule has 7 N–H and O–H groups in total. The minimum Gasteiger partial charge on any atom is -0.456 e. The fourth-order valence-corrected chi connectivity index (χ4v) is 3.92. The third-order valence-electron chi connectivity index (χ3n) is 4.83. The molecule has 34 heavy (non-hydrogen) atoms. The Morgan fingerprint density at radius 2 is 1.79 bits per heavy atom. The third kappa shape index (κ3) is 6.90. The highest BCUT2D eigenvalue weighted by molar-refractivity contribution is 7.99. The van der Waals surface area contributed by atoms with Crippen LogP contribution in [0.2, 0.25) is 0 Å². The van der Waals surface area contributed by atoms with E-state index in [1.165, 1.54) is 36.1 Å². The molecule has 0 heterocycles. The van der Waals surface area contributed by atoms with Crippen LogP contribution in [-0.4, -0.2) is 18.3 Å². The van der Waals surface area contributed by atoms with E-state index in [0.29, 0.717) is 11.4 Å². The number of allylic oxidation sites excluding steroid dienone is 1. The number of nitrogen functional groups attached to an aromatic ring is 1. The molecule has 0 amide bonds. The lowest BCUT2D eigenvalue weighted by Gasteiger charge is -2.22. The summed E-state index contributed by atoms with van der Waals surface area (Å²) in [6.07, 6.45) is 0. The van der Waals surface area contributed by atoms with Crippen molar-refractivity contribution < 1.29 is 13.9 Å². The summed E-state index contributed by atoms with van der Waals surface area (Å²) in [5.41, 5.74) is 14.6. The minimum absolute atomic E-state index is 0.0127. The second-order valence-electron chi connectivity index (χ2n) is 7.46. The Hall–Kier alpha value is -3.69. The molecule has 0 unspecified atom stereocenters. The van der Waals surface area contributed by atoms with Gasteiger partial charge >= 0.3 is 5.97 Å². The Kier molecular flexibility index (Phi) is 8.78. The average molecular weight is 482 g/mol. The van der Waals surface area contributed by atoms with E-state index in [9.17, 15) is 9.18 Å². The quantitative estimate of drug-likeness (QED) is 0.0646. The molecule has 9 heteroatoms. The van der Waals surface area contributed by atoms with Crippen molar-refractivity contribution in [3.63, 3.8) is 0 Å². The Labute approximate surface area is 202 Å². The number of nitrogens with zero attached hydrogens (tertiary/aromatic N) is 1. The van der Waals surface area contributed by atoms with Crippen molar-refractivity contribution in [1.82, 2.24) is 0 Å². The predicted octanol–water partition coefficient (Wildman–Crippen LogP) is 4.23. The number of carbonyl (C=O) groups excluding carboxylic acids is 1. The fourth-order valence-electron chi connectivity index (χ4n) is 3.13. The molecule has 0 spiro atoms. The van der Waals surface area contributed by atoms with Crippen molar-refractivity contribution in [1.29, 1.82) is 0 Å². The van der Waals surface area contributed by atoms with Crippen LogP contribution in [0.5, 0.6) is 0 Å². The average Bonchev–Trinajstić information content (AvgIpc) is 2.82. The third-order valence-corrected chi connectivity index (χ3v) is 5.84. The van der Waals surface area contributed by atoms with Crippen LogP contribution in [-0.2, 0) is 16.1 Å². The first-order valence-electron chi connectivity index (χ1n) is 10.6. The largest absolute Gasteiger partial charge is 0.456 e. The standard InChI is InChI=1S/C25H28FN5O2S/c1-17(27)24(31(29)20-10-8-19(26)9-11-20)25(32)33-16-18-7-12-23(22(28)15-18)30-13-14-34-21-5-3-2-4-6-21/h2-12,15,30H,13-14,16,27-29H2,1H3/b24-17-. The SMILES string of the molecule is C/C(N)=C(\C(=O)OCc1ccc(NCCSc2ccccc2)c(N)c1)N(N)c1ccc(F)cc1. The predicted molar refractivity (Wildman–Crippen MR) is 136 cm³/mol. The van der Waals surface area contributed by atoms with Crippen molar-refractivity contribution in [2.24, 2.45) is 11.6 Å². The van der Waals surface area contributed by atoms with E-state index in [1.807, 2.05) is 30.3 Å². The second kappa shape index (κ2) is 12.0. The van der Waals surface area contributed by atoms with Gasteiger partial charge in [0.25, 0.3) is 0 Å². The van der Waals surface area contributed by atoms with E-state index in [-0.39, 0.29) is 18.0 Å². The number of halogens is 1. The van der Waals surface area contributed by atoms with Gasteiger partial charge in [0.2, 0.25) is 0 Å². The van der Waals surface area contributed by atoms with Gasteiger partial charge in [-0.1, -0.05) is 24.3 Å².